The van der Waals surface area contributed by atoms with Crippen LogP contribution in [0.3, 0.4) is 0 Å². The topological polar surface area (TPSA) is 27.0 Å². The highest BCUT2D eigenvalue weighted by molar-refractivity contribution is 7.10. The number of hydrogen-bond donors (Lipinski definition) is 0. The summed E-state index contributed by atoms with van der Waals surface area (Å²) in [6.07, 6.45) is 4.33. The van der Waals surface area contributed by atoms with Crippen molar-refractivity contribution < 1.29 is 0 Å². The molecule has 0 aliphatic carbocycles. The van der Waals surface area contributed by atoms with Crippen molar-refractivity contribution in [3.63, 3.8) is 0 Å². The molecular formula is C19H22N2S. The molecule has 0 radical (unpaired) electrons. The van der Waals surface area contributed by atoms with E-state index in [0.29, 0.717) is 0 Å². The number of nitriles is 1. The molecule has 2 nitrogen and oxygen atoms in total. The number of hydrogen-bond acceptors (Lipinski definition) is 3. The minimum Gasteiger partial charge on any atom is -0.303 e. The van der Waals surface area contributed by atoms with E-state index < -0.39 is 5.41 Å². The molecule has 0 saturated carbocycles. The number of rotatable bonds is 6. The molecule has 1 aliphatic heterocycles. The van der Waals surface area contributed by atoms with Crippen molar-refractivity contribution in [3.05, 3.63) is 58.3 Å². The first-order chi connectivity index (χ1) is 10.8. The quantitative estimate of drug-likeness (QED) is 0.798. The van der Waals surface area contributed by atoms with Crippen molar-refractivity contribution in [3.8, 4) is 6.07 Å². The Morgan fingerprint density at radius 3 is 2.50 bits per heavy atom. The lowest BCUT2D eigenvalue weighted by Crippen LogP contribution is -2.32. The molecule has 1 aromatic carbocycles. The van der Waals surface area contributed by atoms with E-state index in [1.807, 2.05) is 6.07 Å². The van der Waals surface area contributed by atoms with Gasteiger partial charge in [0.15, 0.2) is 0 Å². The lowest BCUT2D eigenvalue weighted by atomic mass is 9.78. The van der Waals surface area contributed by atoms with Gasteiger partial charge in [-0.05, 0) is 55.8 Å². The maximum Gasteiger partial charge on any atom is 0.0966 e. The molecular weight excluding hydrogens is 288 g/mol. The van der Waals surface area contributed by atoms with Crippen LogP contribution in [0.2, 0.25) is 0 Å². The number of thiophene rings is 1. The van der Waals surface area contributed by atoms with E-state index in [4.69, 9.17) is 0 Å². The Balaban J connectivity index is 1.82. The molecule has 3 heteroatoms. The first-order valence-corrected chi connectivity index (χ1v) is 8.92. The number of benzene rings is 1. The zero-order valence-electron chi connectivity index (χ0n) is 12.9. The monoisotopic (exact) mass is 310 g/mol. The molecule has 1 aliphatic rings. The van der Waals surface area contributed by atoms with E-state index in [2.05, 4.69) is 52.7 Å². The summed E-state index contributed by atoms with van der Waals surface area (Å²) < 4.78 is 0. The number of nitrogens with zero attached hydrogens (tertiary/aromatic N) is 2. The Labute approximate surface area is 137 Å². The molecule has 2 aromatic rings. The van der Waals surface area contributed by atoms with Crippen molar-refractivity contribution in [2.45, 2.75) is 31.1 Å². The SMILES string of the molecule is N#CC(CCN1CCCC1)(Cc1ccccc1)c1cccs1. The molecule has 1 atom stereocenters. The van der Waals surface area contributed by atoms with Crippen LogP contribution in [0.25, 0.3) is 0 Å². The van der Waals surface area contributed by atoms with E-state index in [-0.39, 0.29) is 0 Å². The van der Waals surface area contributed by atoms with Gasteiger partial charge in [-0.15, -0.1) is 11.3 Å². The van der Waals surface area contributed by atoms with Crippen molar-refractivity contribution in [2.75, 3.05) is 19.6 Å². The minimum absolute atomic E-state index is 0.391. The van der Waals surface area contributed by atoms with E-state index in [1.54, 1.807) is 11.3 Å². The van der Waals surface area contributed by atoms with Crippen LogP contribution in [-0.4, -0.2) is 24.5 Å². The normalized spacial score (nSPS) is 18.0. The van der Waals surface area contributed by atoms with Crippen molar-refractivity contribution in [2.24, 2.45) is 0 Å². The third-order valence-corrected chi connectivity index (χ3v) is 5.68. The van der Waals surface area contributed by atoms with Crippen LogP contribution in [0.5, 0.6) is 0 Å². The van der Waals surface area contributed by atoms with Gasteiger partial charge in [-0.25, -0.2) is 0 Å². The van der Waals surface area contributed by atoms with Crippen LogP contribution in [-0.2, 0) is 11.8 Å². The van der Waals surface area contributed by atoms with Crippen LogP contribution in [0.4, 0.5) is 0 Å². The van der Waals surface area contributed by atoms with Crippen molar-refractivity contribution in [1.82, 2.24) is 4.90 Å². The van der Waals surface area contributed by atoms with Crippen LogP contribution >= 0.6 is 11.3 Å². The van der Waals surface area contributed by atoms with Gasteiger partial charge in [0, 0.05) is 11.4 Å². The number of likely N-dealkylation sites (tertiary alicyclic amines) is 1. The van der Waals surface area contributed by atoms with Crippen LogP contribution < -0.4 is 0 Å². The highest BCUT2D eigenvalue weighted by Crippen LogP contribution is 2.35. The van der Waals surface area contributed by atoms with Gasteiger partial charge in [-0.2, -0.15) is 5.26 Å². The van der Waals surface area contributed by atoms with Gasteiger partial charge in [-0.1, -0.05) is 36.4 Å². The summed E-state index contributed by atoms with van der Waals surface area (Å²) in [6, 6.07) is 17.3. The second-order valence-electron chi connectivity index (χ2n) is 6.13. The Morgan fingerprint density at radius 2 is 1.86 bits per heavy atom. The third-order valence-electron chi connectivity index (χ3n) is 4.61. The highest BCUT2D eigenvalue weighted by atomic mass is 32.1. The fourth-order valence-corrected chi connectivity index (χ4v) is 4.21. The largest absolute Gasteiger partial charge is 0.303 e. The summed E-state index contributed by atoms with van der Waals surface area (Å²) in [5.41, 5.74) is 0.858. The van der Waals surface area contributed by atoms with Gasteiger partial charge in [0.1, 0.15) is 0 Å². The highest BCUT2D eigenvalue weighted by Gasteiger charge is 2.34. The lowest BCUT2D eigenvalue weighted by Gasteiger charge is -2.28. The molecule has 0 spiro atoms. The van der Waals surface area contributed by atoms with E-state index in [9.17, 15) is 5.26 Å². The molecule has 0 bridgehead atoms. The minimum atomic E-state index is -0.391. The average molecular weight is 310 g/mol. The Bertz CT molecular complexity index is 609. The summed E-state index contributed by atoms with van der Waals surface area (Å²) in [5.74, 6) is 0. The molecule has 114 valence electrons. The first kappa shape index (κ1) is 15.3. The molecule has 2 heterocycles. The van der Waals surface area contributed by atoms with Crippen molar-refractivity contribution >= 4 is 11.3 Å². The maximum atomic E-state index is 10.0. The van der Waals surface area contributed by atoms with Crippen LogP contribution in [0, 0.1) is 11.3 Å². The summed E-state index contributed by atoms with van der Waals surface area (Å²) in [7, 11) is 0. The molecule has 22 heavy (non-hydrogen) atoms. The molecule has 1 fully saturated rings. The summed E-state index contributed by atoms with van der Waals surface area (Å²) >= 11 is 1.72. The molecule has 1 saturated heterocycles. The molecule has 0 amide bonds. The van der Waals surface area contributed by atoms with E-state index in [1.165, 1.54) is 36.4 Å². The fraction of sp³-hybridized carbons (Fsp3) is 0.421. The second-order valence-corrected chi connectivity index (χ2v) is 7.08. The van der Waals surface area contributed by atoms with Gasteiger partial charge >= 0.3 is 0 Å². The zero-order chi connectivity index (χ0) is 15.3. The van der Waals surface area contributed by atoms with Crippen molar-refractivity contribution in [1.29, 1.82) is 5.26 Å². The average Bonchev–Trinajstić information content (AvgIpc) is 3.26. The summed E-state index contributed by atoms with van der Waals surface area (Å²) in [4.78, 5) is 3.71. The molecule has 3 rings (SSSR count). The Morgan fingerprint density at radius 1 is 1.09 bits per heavy atom. The smallest absolute Gasteiger partial charge is 0.0966 e. The molecule has 0 N–H and O–H groups in total. The zero-order valence-corrected chi connectivity index (χ0v) is 13.7. The van der Waals surface area contributed by atoms with Gasteiger partial charge in [0.2, 0.25) is 0 Å². The second kappa shape index (κ2) is 7.09. The maximum absolute atomic E-state index is 10.0. The molecule has 1 unspecified atom stereocenters. The summed E-state index contributed by atoms with van der Waals surface area (Å²) in [6.45, 7) is 3.41. The standard InChI is InChI=1S/C19H22N2S/c20-16-19(18-9-6-14-22-18,10-13-21-11-4-5-12-21)15-17-7-2-1-3-8-17/h1-3,6-9,14H,4-5,10-13,15H2. The Hall–Kier alpha value is -1.63. The van der Waals surface area contributed by atoms with E-state index in [0.717, 1.165) is 19.4 Å². The van der Waals surface area contributed by atoms with Crippen LogP contribution in [0.1, 0.15) is 29.7 Å². The Kier molecular flexibility index (Phi) is 4.92. The molecule has 1 aromatic heterocycles. The third kappa shape index (κ3) is 3.40. The van der Waals surface area contributed by atoms with E-state index >= 15 is 0 Å². The lowest BCUT2D eigenvalue weighted by molar-refractivity contribution is 0.304. The predicted molar refractivity (Wildman–Crippen MR) is 92.0 cm³/mol. The first-order valence-electron chi connectivity index (χ1n) is 8.04. The van der Waals surface area contributed by atoms with Gasteiger partial charge in [0.05, 0.1) is 11.5 Å². The van der Waals surface area contributed by atoms with Gasteiger partial charge in [-0.3, -0.25) is 0 Å². The predicted octanol–water partition coefficient (Wildman–Crippen LogP) is 4.24. The summed E-state index contributed by atoms with van der Waals surface area (Å²) in [5, 5.41) is 12.1. The van der Waals surface area contributed by atoms with Gasteiger partial charge in [0.25, 0.3) is 0 Å². The van der Waals surface area contributed by atoms with Gasteiger partial charge < -0.3 is 4.90 Å². The fourth-order valence-electron chi connectivity index (χ4n) is 3.30. The van der Waals surface area contributed by atoms with Crippen LogP contribution in [0.15, 0.2) is 47.8 Å².